The van der Waals surface area contributed by atoms with E-state index in [1.54, 1.807) is 39.0 Å². The predicted octanol–water partition coefficient (Wildman–Crippen LogP) is 3.65. The number of ether oxygens (including phenoxy) is 1. The van der Waals surface area contributed by atoms with Crippen LogP contribution in [0.1, 0.15) is 44.7 Å². The van der Waals surface area contributed by atoms with E-state index in [-0.39, 0.29) is 4.90 Å². The Hall–Kier alpha value is -2.67. The number of alkyl carbamates (subject to hydrolysis) is 1. The molecule has 0 unspecified atom stereocenters. The minimum Gasteiger partial charge on any atom is -0.444 e. The van der Waals surface area contributed by atoms with Crippen LogP contribution in [0.4, 0.5) is 4.79 Å². The van der Waals surface area contributed by atoms with Crippen LogP contribution < -0.4 is 5.32 Å². The number of rotatable bonds is 6. The van der Waals surface area contributed by atoms with Gasteiger partial charge in [-0.3, -0.25) is 0 Å². The molecule has 1 aliphatic rings. The van der Waals surface area contributed by atoms with Crippen molar-refractivity contribution in [3.05, 3.63) is 65.7 Å². The molecule has 7 heteroatoms. The monoisotopic (exact) mass is 429 g/mol. The highest BCUT2D eigenvalue weighted by molar-refractivity contribution is 7.92. The summed E-state index contributed by atoms with van der Waals surface area (Å²) in [5.41, 5.74) is -0.599. The van der Waals surface area contributed by atoms with Gasteiger partial charge in [-0.1, -0.05) is 49.4 Å². The van der Waals surface area contributed by atoms with Gasteiger partial charge in [0.05, 0.1) is 4.90 Å². The number of hydrogen-bond donors (Lipinski definition) is 1. The van der Waals surface area contributed by atoms with Crippen molar-refractivity contribution in [1.82, 2.24) is 5.32 Å². The zero-order valence-electron chi connectivity index (χ0n) is 17.6. The molecule has 0 radical (unpaired) electrons. The van der Waals surface area contributed by atoms with Crippen molar-refractivity contribution in [1.29, 1.82) is 0 Å². The second-order valence-corrected chi connectivity index (χ2v) is 10.6. The van der Waals surface area contributed by atoms with E-state index in [1.807, 2.05) is 31.2 Å². The number of aryl methyl sites for hydroxylation is 1. The number of sulfone groups is 1. The Bertz CT molecular complexity index is 1030. The Morgan fingerprint density at radius 1 is 1.10 bits per heavy atom. The van der Waals surface area contributed by atoms with E-state index < -0.39 is 38.2 Å². The summed E-state index contributed by atoms with van der Waals surface area (Å²) >= 11 is 0. The molecule has 0 spiro atoms. The Kier molecular flexibility index (Phi) is 5.78. The third-order valence-electron chi connectivity index (χ3n) is 5.24. The molecule has 1 fully saturated rings. The summed E-state index contributed by atoms with van der Waals surface area (Å²) in [5, 5.41) is 1.45. The molecule has 30 heavy (non-hydrogen) atoms. The second kappa shape index (κ2) is 7.87. The molecule has 2 aromatic carbocycles. The molecule has 3 rings (SSSR count). The van der Waals surface area contributed by atoms with Gasteiger partial charge in [0.2, 0.25) is 0 Å². The maximum Gasteiger partial charge on any atom is 0.408 e. The highest BCUT2D eigenvalue weighted by atomic mass is 32.2. The lowest BCUT2D eigenvalue weighted by Gasteiger charge is -2.22. The highest BCUT2D eigenvalue weighted by Gasteiger charge is 2.73. The Labute approximate surface area is 177 Å². The van der Waals surface area contributed by atoms with Gasteiger partial charge in [-0.2, -0.15) is 0 Å². The van der Waals surface area contributed by atoms with Crippen molar-refractivity contribution in [3.63, 3.8) is 0 Å². The van der Waals surface area contributed by atoms with E-state index in [9.17, 15) is 18.0 Å². The first-order chi connectivity index (χ1) is 14.0. The van der Waals surface area contributed by atoms with E-state index >= 15 is 0 Å². The van der Waals surface area contributed by atoms with E-state index in [1.165, 1.54) is 12.1 Å². The van der Waals surface area contributed by atoms with Gasteiger partial charge >= 0.3 is 6.09 Å². The lowest BCUT2D eigenvalue weighted by molar-refractivity contribution is -0.110. The average molecular weight is 430 g/mol. The van der Waals surface area contributed by atoms with Crippen LogP contribution in [0.5, 0.6) is 0 Å². The fraction of sp³-hybridized carbons (Fsp3) is 0.391. The summed E-state index contributed by atoms with van der Waals surface area (Å²) in [5.74, 6) is -0.710. The lowest BCUT2D eigenvalue weighted by Crippen LogP contribution is -2.45. The highest BCUT2D eigenvalue weighted by Crippen LogP contribution is 2.56. The van der Waals surface area contributed by atoms with Crippen LogP contribution in [-0.2, 0) is 25.8 Å². The Morgan fingerprint density at radius 2 is 1.70 bits per heavy atom. The summed E-state index contributed by atoms with van der Waals surface area (Å²) in [4.78, 5) is 24.8. The van der Waals surface area contributed by atoms with Gasteiger partial charge < -0.3 is 14.8 Å². The quantitative estimate of drug-likeness (QED) is 0.708. The third kappa shape index (κ3) is 4.12. The molecule has 0 saturated heterocycles. The molecule has 1 saturated carbocycles. The second-order valence-electron chi connectivity index (χ2n) is 8.53. The van der Waals surface area contributed by atoms with Gasteiger partial charge in [-0.05, 0) is 50.5 Å². The summed E-state index contributed by atoms with van der Waals surface area (Å²) < 4.78 is 32.1. The predicted molar refractivity (Wildman–Crippen MR) is 114 cm³/mol. The van der Waals surface area contributed by atoms with Gasteiger partial charge in [0.15, 0.2) is 9.84 Å². The first kappa shape index (κ1) is 22.0. The fourth-order valence-corrected chi connectivity index (χ4v) is 6.04. The third-order valence-corrected chi connectivity index (χ3v) is 7.50. The molecule has 0 aliphatic heterocycles. The summed E-state index contributed by atoms with van der Waals surface area (Å²) in [7, 11) is -3.89. The molecule has 6 nitrogen and oxygen atoms in total. The molecule has 2 aromatic rings. The topological polar surface area (TPSA) is 89.5 Å². The number of hydrogen-bond acceptors (Lipinski definition) is 5. The number of aldehydes is 1. The van der Waals surface area contributed by atoms with Gasteiger partial charge in [0, 0.05) is 5.92 Å². The minimum atomic E-state index is -3.89. The lowest BCUT2D eigenvalue weighted by atomic mass is 10.0. The molecule has 3 atom stereocenters. The van der Waals surface area contributed by atoms with Gasteiger partial charge in [-0.15, -0.1) is 0 Å². The van der Waals surface area contributed by atoms with Crippen LogP contribution in [0, 0.1) is 0 Å². The minimum absolute atomic E-state index is 0.111. The largest absolute Gasteiger partial charge is 0.444 e. The maximum absolute atomic E-state index is 13.4. The first-order valence-corrected chi connectivity index (χ1v) is 11.4. The Morgan fingerprint density at radius 3 is 2.20 bits per heavy atom. The summed E-state index contributed by atoms with van der Waals surface area (Å²) in [6.45, 7) is 7.12. The first-order valence-electron chi connectivity index (χ1n) is 9.90. The zero-order chi connectivity index (χ0) is 22.2. The van der Waals surface area contributed by atoms with Crippen LogP contribution in [0.15, 0.2) is 59.5 Å². The van der Waals surface area contributed by atoms with Crippen molar-refractivity contribution in [2.24, 2.45) is 0 Å². The van der Waals surface area contributed by atoms with Crippen LogP contribution in [0.2, 0.25) is 0 Å². The van der Waals surface area contributed by atoms with Crippen LogP contribution in [-0.4, -0.2) is 37.2 Å². The van der Waals surface area contributed by atoms with Crippen molar-refractivity contribution < 1.29 is 22.7 Å². The molecule has 1 aliphatic carbocycles. The number of carbonyl (C=O) groups is 2. The summed E-state index contributed by atoms with van der Waals surface area (Å²) in [6, 6.07) is 15.4. The van der Waals surface area contributed by atoms with Crippen LogP contribution in [0.3, 0.4) is 0 Å². The van der Waals surface area contributed by atoms with E-state index in [4.69, 9.17) is 4.74 Å². The van der Waals surface area contributed by atoms with Crippen molar-refractivity contribution in [2.45, 2.75) is 61.3 Å². The van der Waals surface area contributed by atoms with Crippen LogP contribution in [0.25, 0.3) is 0 Å². The average Bonchev–Trinajstić information content (AvgIpc) is 3.36. The van der Waals surface area contributed by atoms with Gasteiger partial charge in [0.1, 0.15) is 22.7 Å². The fourth-order valence-electron chi connectivity index (χ4n) is 3.78. The summed E-state index contributed by atoms with van der Waals surface area (Å²) in [6.07, 6.45) is 0.544. The molecular formula is C23H27NO5S. The van der Waals surface area contributed by atoms with Gasteiger partial charge in [-0.25, -0.2) is 13.2 Å². The number of benzene rings is 2. The molecule has 0 heterocycles. The van der Waals surface area contributed by atoms with Crippen LogP contribution >= 0.6 is 0 Å². The molecule has 0 aromatic heterocycles. The van der Waals surface area contributed by atoms with E-state index in [0.29, 0.717) is 11.8 Å². The molecule has 160 valence electrons. The van der Waals surface area contributed by atoms with Gasteiger partial charge in [0.25, 0.3) is 0 Å². The molecule has 0 bridgehead atoms. The molecule has 1 amide bonds. The Balaban J connectivity index is 2.04. The van der Waals surface area contributed by atoms with Crippen molar-refractivity contribution in [2.75, 3.05) is 0 Å². The van der Waals surface area contributed by atoms with E-state index in [2.05, 4.69) is 5.32 Å². The molecule has 1 N–H and O–H groups in total. The standard InChI is InChI=1S/C23H27NO5S/c1-5-16-11-13-17(14-12-16)19-20(30(27,28)18-9-7-6-8-10-18)23(19,15-25)24-21(26)29-22(2,3)4/h6-15,19-20H,5H2,1-4H3,(H,24,26)/t19-,20+,23+/m1/s1. The zero-order valence-corrected chi connectivity index (χ0v) is 18.4. The van der Waals surface area contributed by atoms with Crippen molar-refractivity contribution >= 4 is 22.2 Å². The SMILES string of the molecule is CCc1ccc([C@@H]2[C@H](S(=O)(=O)c3ccccc3)[C@@]2(C=O)NC(=O)OC(C)(C)C)cc1. The number of carbonyl (C=O) groups excluding carboxylic acids is 2. The smallest absolute Gasteiger partial charge is 0.408 e. The number of nitrogens with one attached hydrogen (secondary N) is 1. The number of amides is 1. The maximum atomic E-state index is 13.4. The normalized spacial score (nSPS) is 23.5. The molecular weight excluding hydrogens is 402 g/mol. The van der Waals surface area contributed by atoms with Crippen molar-refractivity contribution in [3.8, 4) is 0 Å². The van der Waals surface area contributed by atoms with E-state index in [0.717, 1.165) is 12.0 Å².